The zero-order valence-electron chi connectivity index (χ0n) is 31.5. The van der Waals surface area contributed by atoms with E-state index in [0.717, 1.165) is 34.0 Å². The number of hydrogen-bond donors (Lipinski definition) is 0. The van der Waals surface area contributed by atoms with Crippen molar-refractivity contribution in [1.29, 1.82) is 0 Å². The first-order valence-corrected chi connectivity index (χ1v) is 18.4. The quantitative estimate of drug-likeness (QED) is 0.160. The molecule has 0 saturated carbocycles. The molecule has 258 valence electrons. The van der Waals surface area contributed by atoms with E-state index in [0.29, 0.717) is 29.6 Å². The van der Waals surface area contributed by atoms with Crippen molar-refractivity contribution in [2.45, 2.75) is 98.8 Å². The van der Waals surface area contributed by atoms with Crippen LogP contribution in [0.25, 0.3) is 33.3 Å². The van der Waals surface area contributed by atoms with E-state index < -0.39 is 0 Å². The van der Waals surface area contributed by atoms with Crippen molar-refractivity contribution >= 4 is 21.8 Å². The monoisotopic (exact) mass is 664 g/mol. The Morgan fingerprint density at radius 3 is 2.26 bits per heavy atom. The fourth-order valence-electron chi connectivity index (χ4n) is 8.34. The van der Waals surface area contributed by atoms with Gasteiger partial charge in [-0.15, -0.1) is 0 Å². The third kappa shape index (κ3) is 6.05. The van der Waals surface area contributed by atoms with Crippen LogP contribution in [0.3, 0.4) is 0 Å². The van der Waals surface area contributed by atoms with E-state index in [4.69, 9.17) is 14.8 Å². The molecule has 0 saturated heterocycles. The molecule has 1 unspecified atom stereocenters. The minimum Gasteiger partial charge on any atom is -0.457 e. The summed E-state index contributed by atoms with van der Waals surface area (Å²) in [5.41, 5.74) is 9.90. The van der Waals surface area contributed by atoms with Crippen LogP contribution in [0.1, 0.15) is 116 Å². The fraction of sp³-hybridized carbons (Fsp3) is 0.378. The Hall–Kier alpha value is -4.64. The number of rotatable bonds is 7. The maximum absolute atomic E-state index is 6.68. The summed E-state index contributed by atoms with van der Waals surface area (Å²) in [4.78, 5) is 4.85. The van der Waals surface area contributed by atoms with Crippen molar-refractivity contribution in [3.05, 3.63) is 119 Å². The van der Waals surface area contributed by atoms with E-state index >= 15 is 0 Å². The Balaban J connectivity index is 1.31. The molecular weight excluding hydrogens is 613 g/mol. The van der Waals surface area contributed by atoms with Crippen molar-refractivity contribution < 1.29 is 4.74 Å². The van der Waals surface area contributed by atoms with Gasteiger partial charge in [-0.25, -0.2) is 9.67 Å². The number of pyridine rings is 1. The topological polar surface area (TPSA) is 44.9 Å². The summed E-state index contributed by atoms with van der Waals surface area (Å²) in [5.74, 6) is 4.66. The smallest absolute Gasteiger partial charge is 0.137 e. The molecule has 0 N–H and O–H groups in total. The molecule has 1 aliphatic carbocycles. The Kier molecular flexibility index (Phi) is 8.74. The van der Waals surface area contributed by atoms with Gasteiger partial charge in [-0.3, -0.25) is 4.57 Å². The third-order valence-corrected chi connectivity index (χ3v) is 10.5. The van der Waals surface area contributed by atoms with Gasteiger partial charge in [0.1, 0.15) is 17.3 Å². The van der Waals surface area contributed by atoms with E-state index in [1.165, 1.54) is 45.3 Å². The molecule has 3 aromatic carbocycles. The highest BCUT2D eigenvalue weighted by atomic mass is 16.5. The molecule has 5 nitrogen and oxygen atoms in total. The van der Waals surface area contributed by atoms with E-state index in [1.54, 1.807) is 0 Å². The summed E-state index contributed by atoms with van der Waals surface area (Å²) < 4.78 is 11.1. The minimum atomic E-state index is 0.0131. The molecule has 3 aromatic heterocycles. The molecule has 50 heavy (non-hydrogen) atoms. The van der Waals surface area contributed by atoms with Gasteiger partial charge in [0, 0.05) is 40.6 Å². The van der Waals surface area contributed by atoms with Crippen LogP contribution < -0.4 is 4.74 Å². The van der Waals surface area contributed by atoms with Crippen LogP contribution >= 0.6 is 0 Å². The third-order valence-electron chi connectivity index (χ3n) is 10.5. The molecule has 1 aliphatic rings. The lowest BCUT2D eigenvalue weighted by Crippen LogP contribution is -2.21. The predicted molar refractivity (Wildman–Crippen MR) is 209 cm³/mol. The first-order chi connectivity index (χ1) is 23.8. The SMILES string of the molecule is CC1=C[C@H](C)C[C@H](C)C1c1c(C(C)C)nn(-c2cccc(Oc3ccc4c5ccccc5n(-c5cc(C(C)(C)C)ccn5)c4c3)c2)c1C(C)C. The molecule has 0 fully saturated rings. The van der Waals surface area contributed by atoms with Crippen molar-refractivity contribution in [1.82, 2.24) is 19.3 Å². The highest BCUT2D eigenvalue weighted by Crippen LogP contribution is 2.46. The Morgan fingerprint density at radius 2 is 1.54 bits per heavy atom. The molecule has 3 heterocycles. The molecule has 0 radical (unpaired) electrons. The van der Waals surface area contributed by atoms with Crippen LogP contribution in [-0.2, 0) is 5.41 Å². The number of benzene rings is 3. The van der Waals surface area contributed by atoms with Gasteiger partial charge in [-0.1, -0.05) is 98.2 Å². The average molecular weight is 665 g/mol. The largest absolute Gasteiger partial charge is 0.457 e. The first kappa shape index (κ1) is 33.8. The number of para-hydroxylation sites is 1. The number of fused-ring (bicyclic) bond motifs is 3. The summed E-state index contributed by atoms with van der Waals surface area (Å²) in [6, 6.07) is 27.7. The molecule has 0 bridgehead atoms. The number of aromatic nitrogens is 4. The van der Waals surface area contributed by atoms with Crippen molar-refractivity contribution in [3.8, 4) is 23.0 Å². The van der Waals surface area contributed by atoms with Gasteiger partial charge < -0.3 is 4.74 Å². The van der Waals surface area contributed by atoms with Gasteiger partial charge >= 0.3 is 0 Å². The summed E-state index contributed by atoms with van der Waals surface area (Å²) in [6.45, 7) is 23.0. The van der Waals surface area contributed by atoms with Crippen molar-refractivity contribution in [2.75, 3.05) is 0 Å². The van der Waals surface area contributed by atoms with E-state index in [2.05, 4.69) is 157 Å². The number of ether oxygens (including phenoxy) is 1. The highest BCUT2D eigenvalue weighted by Gasteiger charge is 2.35. The lowest BCUT2D eigenvalue weighted by molar-refractivity contribution is 0.388. The lowest BCUT2D eigenvalue weighted by Gasteiger charge is -2.33. The second kappa shape index (κ2) is 12.9. The minimum absolute atomic E-state index is 0.0131. The van der Waals surface area contributed by atoms with Crippen LogP contribution in [0.4, 0.5) is 0 Å². The van der Waals surface area contributed by atoms with Crippen LogP contribution in [0, 0.1) is 11.8 Å². The predicted octanol–water partition coefficient (Wildman–Crippen LogP) is 12.4. The first-order valence-electron chi connectivity index (χ1n) is 18.4. The van der Waals surface area contributed by atoms with Crippen LogP contribution in [0.5, 0.6) is 11.5 Å². The van der Waals surface area contributed by atoms with E-state index in [-0.39, 0.29) is 5.41 Å². The molecule has 0 amide bonds. The van der Waals surface area contributed by atoms with Gasteiger partial charge in [-0.2, -0.15) is 5.10 Å². The summed E-state index contributed by atoms with van der Waals surface area (Å²) in [7, 11) is 0. The number of nitrogens with zero attached hydrogens (tertiary/aromatic N) is 4. The van der Waals surface area contributed by atoms with Gasteiger partial charge in [0.05, 0.1) is 28.1 Å². The molecule has 7 rings (SSSR count). The molecular formula is C45H52N4O. The lowest BCUT2D eigenvalue weighted by atomic mass is 9.71. The average Bonchev–Trinajstić information content (AvgIpc) is 3.61. The number of hydrogen-bond acceptors (Lipinski definition) is 3. The molecule has 0 aliphatic heterocycles. The standard InChI is InChI=1S/C45H52N4O/c1-27(2)43-42(41-30(6)22-29(5)23-31(41)7)44(28(3)4)49(47-43)33-14-13-15-34(25-33)50-35-18-19-37-36-16-11-12-17-38(36)48(39(37)26-35)40-24-32(20-21-46-40)45(8,9)10/h11-22,24-29,31,41H,23H2,1-10H3/t29-,31-,41?/m0/s1. The van der Waals surface area contributed by atoms with Gasteiger partial charge in [-0.05, 0) is 90.5 Å². The van der Waals surface area contributed by atoms with Gasteiger partial charge in [0.25, 0.3) is 0 Å². The molecule has 0 spiro atoms. The zero-order chi connectivity index (χ0) is 35.5. The molecule has 3 atom stereocenters. The van der Waals surface area contributed by atoms with Crippen LogP contribution in [0.2, 0.25) is 0 Å². The maximum atomic E-state index is 6.68. The van der Waals surface area contributed by atoms with Gasteiger partial charge in [0.15, 0.2) is 0 Å². The normalized spacial score (nSPS) is 18.4. The maximum Gasteiger partial charge on any atom is 0.137 e. The Labute approximate surface area is 298 Å². The molecule has 6 aromatic rings. The van der Waals surface area contributed by atoms with Gasteiger partial charge in [0.2, 0.25) is 0 Å². The van der Waals surface area contributed by atoms with E-state index in [9.17, 15) is 0 Å². The summed E-state index contributed by atoms with van der Waals surface area (Å²) >= 11 is 0. The summed E-state index contributed by atoms with van der Waals surface area (Å²) in [6.07, 6.45) is 5.61. The Morgan fingerprint density at radius 1 is 0.800 bits per heavy atom. The van der Waals surface area contributed by atoms with Crippen LogP contribution in [-0.4, -0.2) is 19.3 Å². The highest BCUT2D eigenvalue weighted by molar-refractivity contribution is 6.09. The van der Waals surface area contributed by atoms with Crippen molar-refractivity contribution in [3.63, 3.8) is 0 Å². The molecule has 5 heteroatoms. The second-order valence-electron chi connectivity index (χ2n) is 16.3. The zero-order valence-corrected chi connectivity index (χ0v) is 31.5. The van der Waals surface area contributed by atoms with Crippen LogP contribution in [0.15, 0.2) is 96.7 Å². The van der Waals surface area contributed by atoms with E-state index in [1.807, 2.05) is 12.3 Å². The fourth-order valence-corrected chi connectivity index (χ4v) is 8.34. The van der Waals surface area contributed by atoms with Crippen molar-refractivity contribution in [2.24, 2.45) is 11.8 Å². The second-order valence-corrected chi connectivity index (χ2v) is 16.3. The Bertz CT molecular complexity index is 2220. The summed E-state index contributed by atoms with van der Waals surface area (Å²) in [5, 5.41) is 7.74. The number of allylic oxidation sites excluding steroid dienone is 2.